The van der Waals surface area contributed by atoms with Crippen molar-refractivity contribution in [1.29, 1.82) is 0 Å². The Morgan fingerprint density at radius 2 is 2.11 bits per heavy atom. The lowest BCUT2D eigenvalue weighted by Crippen LogP contribution is -2.20. The van der Waals surface area contributed by atoms with Gasteiger partial charge in [-0.3, -0.25) is 10.1 Å². The number of alkyl halides is 3. The third-order valence-electron chi connectivity index (χ3n) is 3.27. The van der Waals surface area contributed by atoms with Crippen LogP contribution < -0.4 is 4.90 Å². The molecule has 0 amide bonds. The van der Waals surface area contributed by atoms with E-state index in [0.717, 1.165) is 18.6 Å². The Hall–Kier alpha value is -1.79. The molecule has 0 bridgehead atoms. The van der Waals surface area contributed by atoms with Crippen molar-refractivity contribution in [3.05, 3.63) is 33.9 Å². The Labute approximate surface area is 108 Å². The lowest BCUT2D eigenvalue weighted by atomic mass is 10.1. The quantitative estimate of drug-likeness (QED) is 0.613. The van der Waals surface area contributed by atoms with E-state index in [-0.39, 0.29) is 0 Å². The van der Waals surface area contributed by atoms with Gasteiger partial charge in [0, 0.05) is 24.8 Å². The third-order valence-corrected chi connectivity index (χ3v) is 3.27. The van der Waals surface area contributed by atoms with E-state index in [1.54, 1.807) is 0 Å². The normalized spacial score (nSPS) is 19.8. The fourth-order valence-electron chi connectivity index (χ4n) is 2.28. The fourth-order valence-corrected chi connectivity index (χ4v) is 2.28. The van der Waals surface area contributed by atoms with E-state index in [9.17, 15) is 23.3 Å². The molecule has 19 heavy (non-hydrogen) atoms. The van der Waals surface area contributed by atoms with Crippen LogP contribution in [0, 0.1) is 16.0 Å². The molecule has 0 aliphatic carbocycles. The van der Waals surface area contributed by atoms with Gasteiger partial charge in [0.25, 0.3) is 5.69 Å². The van der Waals surface area contributed by atoms with E-state index in [1.807, 2.05) is 11.8 Å². The molecule has 1 atom stereocenters. The van der Waals surface area contributed by atoms with Gasteiger partial charge in [0.1, 0.15) is 5.56 Å². The van der Waals surface area contributed by atoms with Gasteiger partial charge in [0.2, 0.25) is 0 Å². The molecule has 7 heteroatoms. The Morgan fingerprint density at radius 1 is 1.42 bits per heavy atom. The minimum absolute atomic E-state index is 0.391. The van der Waals surface area contributed by atoms with Gasteiger partial charge in [-0.05, 0) is 24.5 Å². The minimum Gasteiger partial charge on any atom is -0.371 e. The van der Waals surface area contributed by atoms with Crippen molar-refractivity contribution in [3.8, 4) is 0 Å². The number of hydrogen-bond donors (Lipinski definition) is 0. The van der Waals surface area contributed by atoms with Crippen LogP contribution >= 0.6 is 0 Å². The summed E-state index contributed by atoms with van der Waals surface area (Å²) < 4.78 is 38.5. The molecule has 0 saturated carbocycles. The predicted molar refractivity (Wildman–Crippen MR) is 64.1 cm³/mol. The Kier molecular flexibility index (Phi) is 3.38. The lowest BCUT2D eigenvalue weighted by Gasteiger charge is -2.19. The van der Waals surface area contributed by atoms with Crippen molar-refractivity contribution < 1.29 is 18.1 Å². The molecular weight excluding hydrogens is 261 g/mol. The second-order valence-electron chi connectivity index (χ2n) is 4.80. The summed E-state index contributed by atoms with van der Waals surface area (Å²) in [6, 6.07) is 3.18. The van der Waals surface area contributed by atoms with Crippen LogP contribution in [-0.2, 0) is 6.18 Å². The van der Waals surface area contributed by atoms with Gasteiger partial charge in [0.05, 0.1) is 4.92 Å². The van der Waals surface area contributed by atoms with Gasteiger partial charge in [0.15, 0.2) is 0 Å². The predicted octanol–water partition coefficient (Wildman–Crippen LogP) is 3.46. The second kappa shape index (κ2) is 4.71. The smallest absolute Gasteiger partial charge is 0.371 e. The number of rotatable bonds is 2. The van der Waals surface area contributed by atoms with Gasteiger partial charge >= 0.3 is 6.18 Å². The minimum atomic E-state index is -4.72. The first-order valence-corrected chi connectivity index (χ1v) is 5.89. The van der Waals surface area contributed by atoms with E-state index in [0.29, 0.717) is 24.7 Å². The van der Waals surface area contributed by atoms with Crippen molar-refractivity contribution in [1.82, 2.24) is 0 Å². The molecule has 2 rings (SSSR count). The van der Waals surface area contributed by atoms with Gasteiger partial charge < -0.3 is 4.90 Å². The molecule has 104 valence electrons. The molecule has 0 N–H and O–H groups in total. The van der Waals surface area contributed by atoms with Crippen LogP contribution in [-0.4, -0.2) is 18.0 Å². The third kappa shape index (κ3) is 2.80. The second-order valence-corrected chi connectivity index (χ2v) is 4.80. The first-order valence-electron chi connectivity index (χ1n) is 5.89. The number of nitrogens with zero attached hydrogens (tertiary/aromatic N) is 2. The molecule has 1 fully saturated rings. The van der Waals surface area contributed by atoms with Crippen LogP contribution in [0.1, 0.15) is 18.9 Å². The zero-order chi connectivity index (χ0) is 14.2. The Morgan fingerprint density at radius 3 is 2.58 bits per heavy atom. The summed E-state index contributed by atoms with van der Waals surface area (Å²) in [4.78, 5) is 11.5. The van der Waals surface area contributed by atoms with Gasteiger partial charge in [-0.1, -0.05) is 6.92 Å². The number of nitro groups is 1. The van der Waals surface area contributed by atoms with Crippen LogP contribution in [0.4, 0.5) is 24.5 Å². The highest BCUT2D eigenvalue weighted by molar-refractivity contribution is 5.57. The largest absolute Gasteiger partial charge is 0.423 e. The maximum Gasteiger partial charge on any atom is 0.423 e. The summed E-state index contributed by atoms with van der Waals surface area (Å²) in [5.41, 5.74) is -1.69. The molecule has 1 saturated heterocycles. The summed E-state index contributed by atoms with van der Waals surface area (Å²) >= 11 is 0. The molecular formula is C12H13F3N2O2. The summed E-state index contributed by atoms with van der Waals surface area (Å²) in [7, 11) is 0. The molecule has 1 aliphatic rings. The molecule has 1 heterocycles. The van der Waals surface area contributed by atoms with E-state index in [2.05, 4.69) is 0 Å². The van der Waals surface area contributed by atoms with E-state index < -0.39 is 22.4 Å². The van der Waals surface area contributed by atoms with Gasteiger partial charge in [-0.25, -0.2) is 0 Å². The number of anilines is 1. The summed E-state index contributed by atoms with van der Waals surface area (Å²) in [6.07, 6.45) is -3.80. The molecule has 0 aromatic heterocycles. The van der Waals surface area contributed by atoms with Crippen LogP contribution in [0.25, 0.3) is 0 Å². The van der Waals surface area contributed by atoms with Gasteiger partial charge in [-0.15, -0.1) is 0 Å². The zero-order valence-electron chi connectivity index (χ0n) is 10.3. The molecule has 4 nitrogen and oxygen atoms in total. The van der Waals surface area contributed by atoms with Crippen molar-refractivity contribution in [2.24, 2.45) is 5.92 Å². The highest BCUT2D eigenvalue weighted by Crippen LogP contribution is 2.39. The maximum absolute atomic E-state index is 12.8. The van der Waals surface area contributed by atoms with Crippen molar-refractivity contribution in [3.63, 3.8) is 0 Å². The average molecular weight is 274 g/mol. The van der Waals surface area contributed by atoms with Crippen LogP contribution in [0.5, 0.6) is 0 Å². The maximum atomic E-state index is 12.8. The standard InChI is InChI=1S/C12H13F3N2O2/c1-8-4-5-16(7-8)9-2-3-11(17(18)19)10(6-9)12(13,14)15/h2-3,6,8H,4-5,7H2,1H3. The van der Waals surface area contributed by atoms with Crippen molar-refractivity contribution in [2.75, 3.05) is 18.0 Å². The molecule has 1 aromatic carbocycles. The van der Waals surface area contributed by atoms with Crippen molar-refractivity contribution >= 4 is 11.4 Å². The highest BCUT2D eigenvalue weighted by atomic mass is 19.4. The number of nitro benzene ring substituents is 1. The topological polar surface area (TPSA) is 46.4 Å². The van der Waals surface area contributed by atoms with Crippen molar-refractivity contribution in [2.45, 2.75) is 19.5 Å². The number of halogens is 3. The fraction of sp³-hybridized carbons (Fsp3) is 0.500. The Bertz CT molecular complexity index is 502. The van der Waals surface area contributed by atoms with E-state index in [1.165, 1.54) is 6.07 Å². The monoisotopic (exact) mass is 274 g/mol. The van der Waals surface area contributed by atoms with Crippen LogP contribution in [0.2, 0.25) is 0 Å². The van der Waals surface area contributed by atoms with Crippen LogP contribution in [0.15, 0.2) is 18.2 Å². The summed E-state index contributed by atoms with van der Waals surface area (Å²) in [6.45, 7) is 3.38. The molecule has 0 radical (unpaired) electrons. The van der Waals surface area contributed by atoms with Crippen LogP contribution in [0.3, 0.4) is 0 Å². The first kappa shape index (κ1) is 13.6. The molecule has 1 unspecified atom stereocenters. The number of hydrogen-bond acceptors (Lipinski definition) is 3. The highest BCUT2D eigenvalue weighted by Gasteiger charge is 2.39. The first-order chi connectivity index (χ1) is 8.79. The Balaban J connectivity index is 2.41. The number of benzene rings is 1. The van der Waals surface area contributed by atoms with E-state index >= 15 is 0 Å². The molecule has 1 aliphatic heterocycles. The lowest BCUT2D eigenvalue weighted by molar-refractivity contribution is -0.388. The summed E-state index contributed by atoms with van der Waals surface area (Å²) in [5.74, 6) is 0.421. The van der Waals surface area contributed by atoms with Gasteiger partial charge in [-0.2, -0.15) is 13.2 Å². The molecule has 0 spiro atoms. The zero-order valence-corrected chi connectivity index (χ0v) is 10.3. The summed E-state index contributed by atoms with van der Waals surface area (Å²) in [5, 5.41) is 10.6. The average Bonchev–Trinajstić information content (AvgIpc) is 2.74. The van der Waals surface area contributed by atoms with E-state index in [4.69, 9.17) is 0 Å². The SMILES string of the molecule is CC1CCN(c2ccc([N+](=O)[O-])c(C(F)(F)F)c2)C1. The molecule has 1 aromatic rings.